The third-order valence-electron chi connectivity index (χ3n) is 4.85. The van der Waals surface area contributed by atoms with Gasteiger partial charge < -0.3 is 9.64 Å². The number of aromatic nitrogens is 1. The van der Waals surface area contributed by atoms with Crippen LogP contribution in [0, 0.1) is 5.82 Å². The summed E-state index contributed by atoms with van der Waals surface area (Å²) in [6.45, 7) is 3.36. The maximum absolute atomic E-state index is 13.4. The lowest BCUT2D eigenvalue weighted by Crippen LogP contribution is -2.38. The molecule has 6 heteroatoms. The lowest BCUT2D eigenvalue weighted by atomic mass is 9.93. The number of nitrogens with zero attached hydrogens (tertiary/aromatic N) is 2. The standard InChI is InChI=1S/C18H19FN2O2S/c1-11-14-5-4-13(19)9-12(14)6-7-21(11)18(22)16-10-20-17(24-16)15-3-2-8-23-15/h4-5,9-11,15H,2-3,6-8H2,1H3/t11-,15-/m1/s1. The fraction of sp³-hybridized carbons (Fsp3) is 0.444. The summed E-state index contributed by atoms with van der Waals surface area (Å²) in [5.74, 6) is -0.219. The van der Waals surface area contributed by atoms with E-state index in [-0.39, 0.29) is 23.9 Å². The first kappa shape index (κ1) is 15.7. The molecule has 0 radical (unpaired) electrons. The van der Waals surface area contributed by atoms with Crippen molar-refractivity contribution in [2.45, 2.75) is 38.3 Å². The Labute approximate surface area is 144 Å². The van der Waals surface area contributed by atoms with Gasteiger partial charge in [0.25, 0.3) is 5.91 Å². The minimum atomic E-state index is -0.218. The van der Waals surface area contributed by atoms with Crippen LogP contribution in [0.25, 0.3) is 0 Å². The first-order valence-electron chi connectivity index (χ1n) is 8.30. The molecule has 2 aliphatic rings. The summed E-state index contributed by atoms with van der Waals surface area (Å²) in [7, 11) is 0. The predicted octanol–water partition coefficient (Wildman–Crippen LogP) is 3.89. The molecule has 1 aromatic carbocycles. The van der Waals surface area contributed by atoms with Gasteiger partial charge in [-0.3, -0.25) is 4.79 Å². The van der Waals surface area contributed by atoms with Gasteiger partial charge in [-0.2, -0.15) is 0 Å². The molecule has 0 bridgehead atoms. The number of carbonyl (C=O) groups excluding carboxylic acids is 1. The van der Waals surface area contributed by atoms with Gasteiger partial charge in [0.05, 0.1) is 12.2 Å². The number of thiazole rings is 1. The summed E-state index contributed by atoms with van der Waals surface area (Å²) >= 11 is 1.43. The van der Waals surface area contributed by atoms with E-state index in [2.05, 4.69) is 4.98 Å². The number of carbonyl (C=O) groups is 1. The Balaban J connectivity index is 1.55. The molecular weight excluding hydrogens is 327 g/mol. The van der Waals surface area contributed by atoms with Crippen LogP contribution in [0.15, 0.2) is 24.4 Å². The monoisotopic (exact) mass is 346 g/mol. The highest BCUT2D eigenvalue weighted by molar-refractivity contribution is 7.13. The Morgan fingerprint density at radius 2 is 2.33 bits per heavy atom. The summed E-state index contributed by atoms with van der Waals surface area (Å²) in [5, 5.41) is 0.892. The molecule has 24 heavy (non-hydrogen) atoms. The topological polar surface area (TPSA) is 42.4 Å². The second-order valence-corrected chi connectivity index (χ2v) is 7.39. The van der Waals surface area contributed by atoms with Crippen LogP contribution in [0.3, 0.4) is 0 Å². The molecular formula is C18H19FN2O2S. The predicted molar refractivity (Wildman–Crippen MR) is 89.6 cm³/mol. The molecule has 126 valence electrons. The van der Waals surface area contributed by atoms with Gasteiger partial charge in [-0.1, -0.05) is 6.07 Å². The second-order valence-electron chi connectivity index (χ2n) is 6.33. The molecule has 1 aromatic heterocycles. The Morgan fingerprint density at radius 3 is 3.12 bits per heavy atom. The van der Waals surface area contributed by atoms with E-state index in [1.54, 1.807) is 18.3 Å². The average molecular weight is 346 g/mol. The van der Waals surface area contributed by atoms with Crippen LogP contribution in [0.5, 0.6) is 0 Å². The van der Waals surface area contributed by atoms with Crippen molar-refractivity contribution < 1.29 is 13.9 Å². The molecule has 1 saturated heterocycles. The maximum Gasteiger partial charge on any atom is 0.266 e. The Bertz CT molecular complexity index is 770. The van der Waals surface area contributed by atoms with E-state index in [1.807, 2.05) is 11.8 Å². The number of halogens is 1. The first-order valence-corrected chi connectivity index (χ1v) is 9.12. The Kier molecular flexibility index (Phi) is 4.10. The van der Waals surface area contributed by atoms with Crippen LogP contribution in [0.4, 0.5) is 4.39 Å². The first-order chi connectivity index (χ1) is 11.6. The number of ether oxygens (including phenoxy) is 1. The molecule has 0 spiro atoms. The SMILES string of the molecule is C[C@@H]1c2ccc(F)cc2CCN1C(=O)c1cnc([C@H]2CCCO2)s1. The van der Waals surface area contributed by atoms with Crippen LogP contribution >= 0.6 is 11.3 Å². The van der Waals surface area contributed by atoms with E-state index in [0.29, 0.717) is 17.8 Å². The smallest absolute Gasteiger partial charge is 0.266 e. The van der Waals surface area contributed by atoms with E-state index >= 15 is 0 Å². The molecule has 0 N–H and O–H groups in total. The normalized spacial score (nSPS) is 23.3. The van der Waals surface area contributed by atoms with Crippen molar-refractivity contribution in [2.75, 3.05) is 13.2 Å². The fourth-order valence-corrected chi connectivity index (χ4v) is 4.49. The molecule has 0 saturated carbocycles. The molecule has 1 fully saturated rings. The highest BCUT2D eigenvalue weighted by atomic mass is 32.1. The van der Waals surface area contributed by atoms with Gasteiger partial charge in [0.15, 0.2) is 0 Å². The lowest BCUT2D eigenvalue weighted by Gasteiger charge is -2.35. The van der Waals surface area contributed by atoms with Crippen molar-refractivity contribution in [3.05, 3.63) is 51.2 Å². The van der Waals surface area contributed by atoms with Crippen LogP contribution in [-0.4, -0.2) is 28.9 Å². The zero-order chi connectivity index (χ0) is 16.7. The highest BCUT2D eigenvalue weighted by Crippen LogP contribution is 2.34. The number of hydrogen-bond acceptors (Lipinski definition) is 4. The van der Waals surface area contributed by atoms with E-state index in [0.717, 1.165) is 35.6 Å². The highest BCUT2D eigenvalue weighted by Gasteiger charge is 2.30. The molecule has 4 nitrogen and oxygen atoms in total. The molecule has 0 aliphatic carbocycles. The molecule has 3 heterocycles. The van der Waals surface area contributed by atoms with Gasteiger partial charge >= 0.3 is 0 Å². The van der Waals surface area contributed by atoms with Crippen molar-refractivity contribution in [3.63, 3.8) is 0 Å². The molecule has 4 rings (SSSR count). The van der Waals surface area contributed by atoms with Crippen molar-refractivity contribution >= 4 is 17.2 Å². The van der Waals surface area contributed by atoms with Gasteiger partial charge in [0.2, 0.25) is 0 Å². The zero-order valence-electron chi connectivity index (χ0n) is 13.5. The van der Waals surface area contributed by atoms with E-state index < -0.39 is 0 Å². The lowest BCUT2D eigenvalue weighted by molar-refractivity contribution is 0.0682. The average Bonchev–Trinajstić information content (AvgIpc) is 3.26. The quantitative estimate of drug-likeness (QED) is 0.828. The summed E-state index contributed by atoms with van der Waals surface area (Å²) in [6, 6.07) is 4.77. The maximum atomic E-state index is 13.4. The van der Waals surface area contributed by atoms with Gasteiger partial charge in [0.1, 0.15) is 21.8 Å². The van der Waals surface area contributed by atoms with Gasteiger partial charge in [-0.15, -0.1) is 11.3 Å². The minimum absolute atomic E-state index is 0.000720. The molecule has 1 amide bonds. The molecule has 2 atom stereocenters. The van der Waals surface area contributed by atoms with Crippen LogP contribution < -0.4 is 0 Å². The van der Waals surface area contributed by atoms with E-state index in [1.165, 1.54) is 17.4 Å². The van der Waals surface area contributed by atoms with Gasteiger partial charge in [0, 0.05) is 13.2 Å². The van der Waals surface area contributed by atoms with Crippen LogP contribution in [0.2, 0.25) is 0 Å². The number of fused-ring (bicyclic) bond motifs is 1. The van der Waals surface area contributed by atoms with Gasteiger partial charge in [-0.25, -0.2) is 9.37 Å². The number of benzene rings is 1. The van der Waals surface area contributed by atoms with Crippen LogP contribution in [-0.2, 0) is 11.2 Å². The Morgan fingerprint density at radius 1 is 1.46 bits per heavy atom. The third kappa shape index (κ3) is 2.74. The summed E-state index contributed by atoms with van der Waals surface area (Å²) in [5.41, 5.74) is 2.02. The molecule has 0 unspecified atom stereocenters. The summed E-state index contributed by atoms with van der Waals surface area (Å²) in [6.07, 6.45) is 4.40. The molecule has 2 aliphatic heterocycles. The fourth-order valence-electron chi connectivity index (χ4n) is 3.53. The third-order valence-corrected chi connectivity index (χ3v) is 5.92. The summed E-state index contributed by atoms with van der Waals surface area (Å²) < 4.78 is 19.0. The number of amides is 1. The zero-order valence-corrected chi connectivity index (χ0v) is 14.3. The summed E-state index contributed by atoms with van der Waals surface area (Å²) in [4.78, 5) is 19.8. The van der Waals surface area contributed by atoms with Crippen molar-refractivity contribution in [3.8, 4) is 0 Å². The van der Waals surface area contributed by atoms with Crippen molar-refractivity contribution in [1.82, 2.24) is 9.88 Å². The van der Waals surface area contributed by atoms with Crippen molar-refractivity contribution in [1.29, 1.82) is 0 Å². The minimum Gasteiger partial charge on any atom is -0.371 e. The molecule has 2 aromatic rings. The van der Waals surface area contributed by atoms with Crippen molar-refractivity contribution in [2.24, 2.45) is 0 Å². The largest absolute Gasteiger partial charge is 0.371 e. The second kappa shape index (κ2) is 6.26. The van der Waals surface area contributed by atoms with E-state index in [4.69, 9.17) is 4.74 Å². The Hall–Kier alpha value is -1.79. The van der Waals surface area contributed by atoms with Gasteiger partial charge in [-0.05, 0) is 49.4 Å². The van der Waals surface area contributed by atoms with E-state index in [9.17, 15) is 9.18 Å². The van der Waals surface area contributed by atoms with Crippen LogP contribution in [0.1, 0.15) is 57.7 Å². The number of rotatable bonds is 2. The number of hydrogen-bond donors (Lipinski definition) is 0.